The van der Waals surface area contributed by atoms with Crippen LogP contribution in [0.25, 0.3) is 0 Å². The van der Waals surface area contributed by atoms with Crippen molar-refractivity contribution in [2.45, 2.75) is 13.0 Å². The van der Waals surface area contributed by atoms with Crippen LogP contribution in [0, 0.1) is 24.4 Å². The summed E-state index contributed by atoms with van der Waals surface area (Å²) in [4.78, 5) is 0.819. The van der Waals surface area contributed by atoms with Gasteiger partial charge in [-0.15, -0.1) is 11.3 Å². The van der Waals surface area contributed by atoms with Crippen molar-refractivity contribution >= 4 is 27.3 Å². The highest BCUT2D eigenvalue weighted by molar-refractivity contribution is 9.11. The van der Waals surface area contributed by atoms with Crippen LogP contribution in [0.1, 0.15) is 22.1 Å². The molecule has 96 valence electrons. The number of hydrogen-bond acceptors (Lipinski definition) is 2. The van der Waals surface area contributed by atoms with Gasteiger partial charge in [0, 0.05) is 4.88 Å². The van der Waals surface area contributed by atoms with Crippen molar-refractivity contribution in [3.05, 3.63) is 55.4 Å². The fourth-order valence-corrected chi connectivity index (χ4v) is 3.38. The average molecular weight is 337 g/mol. The number of aryl methyl sites for hydroxylation is 1. The van der Waals surface area contributed by atoms with Crippen LogP contribution in [-0.4, -0.2) is 5.11 Å². The maximum Gasteiger partial charge on any atom is 0.194 e. The topological polar surface area (TPSA) is 20.2 Å². The van der Waals surface area contributed by atoms with Crippen molar-refractivity contribution in [1.29, 1.82) is 0 Å². The first-order valence-corrected chi connectivity index (χ1v) is 6.59. The molecule has 1 aromatic heterocycles. The maximum atomic E-state index is 13.1. The van der Waals surface area contributed by atoms with Gasteiger partial charge in [0.1, 0.15) is 6.10 Å². The molecule has 18 heavy (non-hydrogen) atoms. The van der Waals surface area contributed by atoms with Crippen LogP contribution in [0.2, 0.25) is 0 Å². The third kappa shape index (κ3) is 2.46. The lowest BCUT2D eigenvalue weighted by molar-refractivity contribution is 0.218. The molecule has 0 aliphatic rings. The molecule has 1 unspecified atom stereocenters. The van der Waals surface area contributed by atoms with Gasteiger partial charge in [0.05, 0.1) is 3.79 Å². The van der Waals surface area contributed by atoms with Crippen LogP contribution in [0.4, 0.5) is 13.2 Å². The largest absolute Gasteiger partial charge is 0.384 e. The van der Waals surface area contributed by atoms with Gasteiger partial charge in [-0.2, -0.15) is 0 Å². The molecule has 0 bridgehead atoms. The van der Waals surface area contributed by atoms with E-state index in [1.165, 1.54) is 11.3 Å². The van der Waals surface area contributed by atoms with E-state index in [1.807, 2.05) is 0 Å². The third-order valence-electron chi connectivity index (χ3n) is 2.54. The first kappa shape index (κ1) is 13.6. The SMILES string of the molecule is Cc1sc(Br)cc1C(O)c1cc(F)c(F)c(F)c1. The van der Waals surface area contributed by atoms with Crippen molar-refractivity contribution < 1.29 is 18.3 Å². The van der Waals surface area contributed by atoms with Gasteiger partial charge in [-0.25, -0.2) is 13.2 Å². The third-order valence-corrected chi connectivity index (χ3v) is 4.11. The molecule has 1 nitrogen and oxygen atoms in total. The highest BCUT2D eigenvalue weighted by Crippen LogP contribution is 2.34. The second-order valence-corrected chi connectivity index (χ2v) is 6.40. The van der Waals surface area contributed by atoms with Crippen molar-refractivity contribution in [3.8, 4) is 0 Å². The Morgan fingerprint density at radius 1 is 1.17 bits per heavy atom. The van der Waals surface area contributed by atoms with Gasteiger partial charge in [0.15, 0.2) is 17.5 Å². The summed E-state index contributed by atoms with van der Waals surface area (Å²) in [7, 11) is 0. The molecule has 0 aliphatic heterocycles. The highest BCUT2D eigenvalue weighted by Gasteiger charge is 2.19. The lowest BCUT2D eigenvalue weighted by Crippen LogP contribution is -2.03. The summed E-state index contributed by atoms with van der Waals surface area (Å²) < 4.78 is 39.8. The van der Waals surface area contributed by atoms with E-state index < -0.39 is 23.6 Å². The summed E-state index contributed by atoms with van der Waals surface area (Å²) in [6.45, 7) is 1.78. The Kier molecular flexibility index (Phi) is 3.79. The molecule has 2 aromatic rings. The van der Waals surface area contributed by atoms with Crippen molar-refractivity contribution in [2.24, 2.45) is 0 Å². The Morgan fingerprint density at radius 2 is 1.72 bits per heavy atom. The monoisotopic (exact) mass is 336 g/mol. The van der Waals surface area contributed by atoms with Crippen molar-refractivity contribution in [2.75, 3.05) is 0 Å². The number of thiophene rings is 1. The fraction of sp³-hybridized carbons (Fsp3) is 0.167. The Labute approximate surface area is 114 Å². The Hall–Kier alpha value is -0.850. The van der Waals surface area contributed by atoms with Crippen LogP contribution in [-0.2, 0) is 0 Å². The number of halogens is 4. The normalized spacial score (nSPS) is 12.8. The summed E-state index contributed by atoms with van der Waals surface area (Å²) in [5.41, 5.74) is 0.525. The van der Waals surface area contributed by atoms with E-state index in [0.29, 0.717) is 5.56 Å². The summed E-state index contributed by atoms with van der Waals surface area (Å²) in [5.74, 6) is -4.15. The van der Waals surface area contributed by atoms with Crippen LogP contribution >= 0.6 is 27.3 Å². The summed E-state index contributed by atoms with van der Waals surface area (Å²) >= 11 is 4.66. The zero-order valence-electron chi connectivity index (χ0n) is 9.18. The molecular formula is C12H8BrF3OS. The number of benzene rings is 1. The molecule has 0 amide bonds. The first-order chi connectivity index (χ1) is 8.40. The van der Waals surface area contributed by atoms with Gasteiger partial charge in [-0.1, -0.05) is 0 Å². The van der Waals surface area contributed by atoms with E-state index in [-0.39, 0.29) is 5.56 Å². The van der Waals surface area contributed by atoms with Crippen LogP contribution in [0.15, 0.2) is 22.0 Å². The molecule has 0 spiro atoms. The van der Waals surface area contributed by atoms with Gasteiger partial charge < -0.3 is 5.11 Å². The number of rotatable bonds is 2. The summed E-state index contributed by atoms with van der Waals surface area (Å²) in [5, 5.41) is 10.1. The van der Waals surface area contributed by atoms with Gasteiger partial charge in [-0.05, 0) is 52.2 Å². The van der Waals surface area contributed by atoms with E-state index in [1.54, 1.807) is 13.0 Å². The smallest absolute Gasteiger partial charge is 0.194 e. The maximum absolute atomic E-state index is 13.1. The lowest BCUT2D eigenvalue weighted by atomic mass is 10.0. The van der Waals surface area contributed by atoms with Crippen LogP contribution in [0.5, 0.6) is 0 Å². The van der Waals surface area contributed by atoms with Crippen LogP contribution in [0.3, 0.4) is 0 Å². The molecule has 1 aromatic carbocycles. The zero-order valence-corrected chi connectivity index (χ0v) is 11.6. The molecule has 1 N–H and O–H groups in total. The Morgan fingerprint density at radius 3 is 2.17 bits per heavy atom. The van der Waals surface area contributed by atoms with Gasteiger partial charge in [0.2, 0.25) is 0 Å². The van der Waals surface area contributed by atoms with Crippen molar-refractivity contribution in [1.82, 2.24) is 0 Å². The van der Waals surface area contributed by atoms with E-state index in [9.17, 15) is 18.3 Å². The number of aliphatic hydroxyl groups excluding tert-OH is 1. The lowest BCUT2D eigenvalue weighted by Gasteiger charge is -2.11. The molecule has 1 atom stereocenters. The summed E-state index contributed by atoms with van der Waals surface area (Å²) in [6.07, 6.45) is -1.18. The number of hydrogen-bond donors (Lipinski definition) is 1. The first-order valence-electron chi connectivity index (χ1n) is 4.98. The minimum Gasteiger partial charge on any atom is -0.384 e. The van der Waals surface area contributed by atoms with Gasteiger partial charge in [0.25, 0.3) is 0 Å². The highest BCUT2D eigenvalue weighted by atomic mass is 79.9. The van der Waals surface area contributed by atoms with E-state index in [4.69, 9.17) is 0 Å². The zero-order chi connectivity index (χ0) is 13.4. The molecule has 1 heterocycles. The summed E-state index contributed by atoms with van der Waals surface area (Å²) in [6, 6.07) is 3.27. The predicted octanol–water partition coefficient (Wildman–Crippen LogP) is 4.32. The molecule has 0 radical (unpaired) electrons. The van der Waals surface area contributed by atoms with Gasteiger partial charge in [-0.3, -0.25) is 0 Å². The minimum atomic E-state index is -1.53. The number of aliphatic hydroxyl groups is 1. The second kappa shape index (κ2) is 5.03. The average Bonchev–Trinajstić information content (AvgIpc) is 2.63. The van der Waals surface area contributed by atoms with E-state index in [0.717, 1.165) is 20.8 Å². The Bertz CT molecular complexity index is 574. The van der Waals surface area contributed by atoms with Crippen molar-refractivity contribution in [3.63, 3.8) is 0 Å². The van der Waals surface area contributed by atoms with Crippen LogP contribution < -0.4 is 0 Å². The fourth-order valence-electron chi connectivity index (χ4n) is 1.64. The molecule has 0 aliphatic carbocycles. The molecular weight excluding hydrogens is 329 g/mol. The molecule has 0 saturated heterocycles. The molecule has 0 saturated carbocycles. The quantitative estimate of drug-likeness (QED) is 0.810. The van der Waals surface area contributed by atoms with E-state index in [2.05, 4.69) is 15.9 Å². The van der Waals surface area contributed by atoms with E-state index >= 15 is 0 Å². The predicted molar refractivity (Wildman–Crippen MR) is 67.1 cm³/mol. The molecule has 0 fully saturated rings. The Balaban J connectivity index is 2.46. The second-order valence-electron chi connectivity index (χ2n) is 3.76. The molecule has 2 rings (SSSR count). The van der Waals surface area contributed by atoms with Gasteiger partial charge >= 0.3 is 0 Å². The molecule has 6 heteroatoms. The standard InChI is InChI=1S/C12H8BrF3OS/c1-5-7(4-10(13)18-5)12(17)6-2-8(14)11(16)9(15)3-6/h2-4,12,17H,1H3. The minimum absolute atomic E-state index is 0.0141.